The Balaban J connectivity index is 2.10. The highest BCUT2D eigenvalue weighted by Crippen LogP contribution is 2.19. The highest BCUT2D eigenvalue weighted by molar-refractivity contribution is 6.08. The van der Waals surface area contributed by atoms with Crippen LogP contribution in [0.5, 0.6) is 11.5 Å². The standard InChI is InChI=1S/C20H21NO4/c1-3-21(4-2)20(24)25-16-9-7-8-15(14-16)12-13-19(23)17-10-5-6-11-18(17)22/h5-14,22H,3-4H2,1-2H3/b13-12+. The Kier molecular flexibility index (Phi) is 6.34. The Hall–Kier alpha value is -3.08. The molecule has 2 aromatic rings. The van der Waals surface area contributed by atoms with Crippen LogP contribution in [0.2, 0.25) is 0 Å². The average molecular weight is 339 g/mol. The number of ether oxygens (including phenoxy) is 1. The highest BCUT2D eigenvalue weighted by Gasteiger charge is 2.12. The molecule has 1 amide bonds. The van der Waals surface area contributed by atoms with E-state index in [-0.39, 0.29) is 17.1 Å². The van der Waals surface area contributed by atoms with Gasteiger partial charge >= 0.3 is 6.09 Å². The van der Waals surface area contributed by atoms with Crippen LogP contribution in [-0.2, 0) is 0 Å². The smallest absolute Gasteiger partial charge is 0.415 e. The van der Waals surface area contributed by atoms with Crippen LogP contribution in [0.3, 0.4) is 0 Å². The summed E-state index contributed by atoms with van der Waals surface area (Å²) in [6.07, 6.45) is 2.58. The molecule has 0 spiro atoms. The number of carbonyl (C=O) groups is 2. The predicted octanol–water partition coefficient (Wildman–Crippen LogP) is 4.13. The fourth-order valence-corrected chi connectivity index (χ4v) is 2.27. The zero-order valence-electron chi connectivity index (χ0n) is 14.3. The summed E-state index contributed by atoms with van der Waals surface area (Å²) in [6, 6.07) is 13.3. The lowest BCUT2D eigenvalue weighted by molar-refractivity contribution is 0.104. The molecule has 2 aromatic carbocycles. The van der Waals surface area contributed by atoms with E-state index in [0.717, 1.165) is 0 Å². The summed E-state index contributed by atoms with van der Waals surface area (Å²) in [5.41, 5.74) is 0.955. The van der Waals surface area contributed by atoms with Gasteiger partial charge in [-0.1, -0.05) is 30.3 Å². The normalized spacial score (nSPS) is 10.6. The molecule has 2 rings (SSSR count). The SMILES string of the molecule is CCN(CC)C(=O)Oc1cccc(/C=C/C(=O)c2ccccc2O)c1. The number of ketones is 1. The number of benzene rings is 2. The van der Waals surface area contributed by atoms with Gasteiger partial charge in [-0.15, -0.1) is 0 Å². The second-order valence-corrected chi connectivity index (χ2v) is 5.33. The zero-order valence-corrected chi connectivity index (χ0v) is 14.3. The Bertz CT molecular complexity index is 779. The van der Waals surface area contributed by atoms with E-state index < -0.39 is 6.09 Å². The maximum atomic E-state index is 12.1. The van der Waals surface area contributed by atoms with Crippen molar-refractivity contribution in [3.05, 3.63) is 65.7 Å². The van der Waals surface area contributed by atoms with Gasteiger partial charge in [0.25, 0.3) is 0 Å². The molecule has 0 radical (unpaired) electrons. The van der Waals surface area contributed by atoms with Crippen LogP contribution in [0.25, 0.3) is 6.08 Å². The van der Waals surface area contributed by atoms with Crippen LogP contribution in [0, 0.1) is 0 Å². The summed E-state index contributed by atoms with van der Waals surface area (Å²) in [7, 11) is 0. The van der Waals surface area contributed by atoms with Crippen molar-refractivity contribution in [1.29, 1.82) is 0 Å². The Morgan fingerprint density at radius 3 is 2.48 bits per heavy atom. The molecule has 0 bridgehead atoms. The number of allylic oxidation sites excluding steroid dienone is 1. The van der Waals surface area contributed by atoms with Gasteiger partial charge in [-0.3, -0.25) is 4.79 Å². The molecule has 5 nitrogen and oxygen atoms in total. The van der Waals surface area contributed by atoms with E-state index in [9.17, 15) is 14.7 Å². The monoisotopic (exact) mass is 339 g/mol. The van der Waals surface area contributed by atoms with E-state index >= 15 is 0 Å². The van der Waals surface area contributed by atoms with Crippen LogP contribution in [0.1, 0.15) is 29.8 Å². The van der Waals surface area contributed by atoms with E-state index in [1.165, 1.54) is 12.1 Å². The minimum atomic E-state index is -0.406. The second-order valence-electron chi connectivity index (χ2n) is 5.33. The third-order valence-electron chi connectivity index (χ3n) is 3.68. The molecule has 1 N–H and O–H groups in total. The zero-order chi connectivity index (χ0) is 18.2. The molecule has 0 aliphatic carbocycles. The maximum Gasteiger partial charge on any atom is 0.415 e. The first-order chi connectivity index (χ1) is 12.0. The molecule has 0 saturated heterocycles. The van der Waals surface area contributed by atoms with Gasteiger partial charge in [0, 0.05) is 13.1 Å². The summed E-state index contributed by atoms with van der Waals surface area (Å²) in [6.45, 7) is 4.91. The lowest BCUT2D eigenvalue weighted by atomic mass is 10.1. The number of phenolic OH excluding ortho intramolecular Hbond substituents is 1. The lowest BCUT2D eigenvalue weighted by Crippen LogP contribution is -2.33. The largest absolute Gasteiger partial charge is 0.507 e. The van der Waals surface area contributed by atoms with Crippen LogP contribution in [-0.4, -0.2) is 35.0 Å². The van der Waals surface area contributed by atoms with Gasteiger partial charge < -0.3 is 14.7 Å². The first-order valence-electron chi connectivity index (χ1n) is 8.12. The molecule has 0 heterocycles. The molecule has 0 aromatic heterocycles. The maximum absolute atomic E-state index is 12.1. The molecule has 0 fully saturated rings. The summed E-state index contributed by atoms with van der Waals surface area (Å²) in [5, 5.41) is 9.70. The summed E-state index contributed by atoms with van der Waals surface area (Å²) in [5.74, 6) is 0.0525. The Morgan fingerprint density at radius 1 is 1.08 bits per heavy atom. The summed E-state index contributed by atoms with van der Waals surface area (Å²) >= 11 is 0. The van der Waals surface area contributed by atoms with Crippen molar-refractivity contribution in [2.24, 2.45) is 0 Å². The second kappa shape index (κ2) is 8.68. The number of amides is 1. The minimum absolute atomic E-state index is 0.0564. The van der Waals surface area contributed by atoms with Crippen molar-refractivity contribution in [3.8, 4) is 11.5 Å². The van der Waals surface area contributed by atoms with Crippen molar-refractivity contribution >= 4 is 18.0 Å². The van der Waals surface area contributed by atoms with Gasteiger partial charge in [-0.05, 0) is 49.8 Å². The van der Waals surface area contributed by atoms with Gasteiger partial charge in [0.2, 0.25) is 0 Å². The van der Waals surface area contributed by atoms with Crippen molar-refractivity contribution in [2.45, 2.75) is 13.8 Å². The average Bonchev–Trinajstić information content (AvgIpc) is 2.61. The van der Waals surface area contributed by atoms with Crippen molar-refractivity contribution in [1.82, 2.24) is 4.90 Å². The molecule has 0 atom stereocenters. The molecule has 0 aliphatic rings. The lowest BCUT2D eigenvalue weighted by Gasteiger charge is -2.17. The first-order valence-corrected chi connectivity index (χ1v) is 8.12. The van der Waals surface area contributed by atoms with Gasteiger partial charge in [-0.25, -0.2) is 4.79 Å². The van der Waals surface area contributed by atoms with E-state index in [2.05, 4.69) is 0 Å². The fourth-order valence-electron chi connectivity index (χ4n) is 2.27. The van der Waals surface area contributed by atoms with Crippen molar-refractivity contribution in [3.63, 3.8) is 0 Å². The van der Waals surface area contributed by atoms with Crippen LogP contribution in [0.4, 0.5) is 4.79 Å². The molecule has 0 aliphatic heterocycles. The third-order valence-corrected chi connectivity index (χ3v) is 3.68. The number of hydrogen-bond acceptors (Lipinski definition) is 4. The molecular formula is C20H21NO4. The number of nitrogens with zero attached hydrogens (tertiary/aromatic N) is 1. The van der Waals surface area contributed by atoms with Gasteiger partial charge in [0.05, 0.1) is 5.56 Å². The number of phenols is 1. The number of para-hydroxylation sites is 1. The van der Waals surface area contributed by atoms with Crippen molar-refractivity contribution in [2.75, 3.05) is 13.1 Å². The van der Waals surface area contributed by atoms with Gasteiger partial charge in [0.1, 0.15) is 11.5 Å². The van der Waals surface area contributed by atoms with E-state index in [1.807, 2.05) is 13.8 Å². The van der Waals surface area contributed by atoms with Gasteiger partial charge in [0.15, 0.2) is 5.78 Å². The molecule has 0 unspecified atom stereocenters. The molecule has 130 valence electrons. The molecular weight excluding hydrogens is 318 g/mol. The first kappa shape index (κ1) is 18.3. The van der Waals surface area contributed by atoms with Crippen LogP contribution >= 0.6 is 0 Å². The molecule has 5 heteroatoms. The number of carbonyl (C=O) groups excluding carboxylic acids is 2. The highest BCUT2D eigenvalue weighted by atomic mass is 16.6. The summed E-state index contributed by atoms with van der Waals surface area (Å²) in [4.78, 5) is 25.7. The molecule has 0 saturated carbocycles. The molecule has 25 heavy (non-hydrogen) atoms. The van der Waals surface area contributed by atoms with E-state index in [1.54, 1.807) is 53.4 Å². The fraction of sp³-hybridized carbons (Fsp3) is 0.200. The minimum Gasteiger partial charge on any atom is -0.507 e. The topological polar surface area (TPSA) is 66.8 Å². The quantitative estimate of drug-likeness (QED) is 0.635. The predicted molar refractivity (Wildman–Crippen MR) is 96.9 cm³/mol. The van der Waals surface area contributed by atoms with Crippen molar-refractivity contribution < 1.29 is 19.4 Å². The number of hydrogen-bond donors (Lipinski definition) is 1. The number of rotatable bonds is 6. The summed E-state index contributed by atoms with van der Waals surface area (Å²) < 4.78 is 5.34. The Morgan fingerprint density at radius 2 is 1.80 bits per heavy atom. The third kappa shape index (κ3) is 4.94. The van der Waals surface area contributed by atoms with E-state index in [4.69, 9.17) is 4.74 Å². The van der Waals surface area contributed by atoms with Crippen LogP contribution < -0.4 is 4.74 Å². The van der Waals surface area contributed by atoms with Crippen LogP contribution in [0.15, 0.2) is 54.6 Å². The Labute approximate surface area is 147 Å². The number of aromatic hydroxyl groups is 1. The van der Waals surface area contributed by atoms with E-state index in [0.29, 0.717) is 24.4 Å². The van der Waals surface area contributed by atoms with Gasteiger partial charge in [-0.2, -0.15) is 0 Å².